The summed E-state index contributed by atoms with van der Waals surface area (Å²) in [6.07, 6.45) is 0.641. The molecule has 3 heteroatoms. The van der Waals surface area contributed by atoms with E-state index < -0.39 is 0 Å². The highest BCUT2D eigenvalue weighted by molar-refractivity contribution is 6.01. The van der Waals surface area contributed by atoms with Crippen molar-refractivity contribution in [3.05, 3.63) is 78.9 Å². The molecule has 3 nitrogen and oxygen atoms in total. The van der Waals surface area contributed by atoms with E-state index in [9.17, 15) is 4.79 Å². The number of nitrogens with zero attached hydrogens (tertiary/aromatic N) is 1. The first-order valence-electron chi connectivity index (χ1n) is 7.78. The van der Waals surface area contributed by atoms with E-state index in [1.165, 1.54) is 0 Å². The Bertz CT molecular complexity index is 739. The molecule has 116 valence electrons. The first-order valence-corrected chi connectivity index (χ1v) is 7.78. The molecule has 3 aromatic carbocycles. The van der Waals surface area contributed by atoms with E-state index in [2.05, 4.69) is 0 Å². The largest absolute Gasteiger partial charge is 0.449 e. The Morgan fingerprint density at radius 1 is 0.783 bits per heavy atom. The Morgan fingerprint density at radius 2 is 1.43 bits per heavy atom. The molecule has 1 fully saturated rings. The van der Waals surface area contributed by atoms with Crippen molar-refractivity contribution in [1.82, 2.24) is 0 Å². The SMILES string of the molecule is O=C1OCCCN1c1cccc2ccccc12.c1ccccc1. The minimum absolute atomic E-state index is 0.243. The van der Waals surface area contributed by atoms with Gasteiger partial charge in [0.25, 0.3) is 0 Å². The maximum atomic E-state index is 11.7. The Balaban J connectivity index is 0.000000220. The summed E-state index contributed by atoms with van der Waals surface area (Å²) < 4.78 is 5.08. The minimum Gasteiger partial charge on any atom is -0.449 e. The van der Waals surface area contributed by atoms with Gasteiger partial charge < -0.3 is 4.74 Å². The second-order valence-electron chi connectivity index (χ2n) is 5.27. The molecule has 1 saturated heterocycles. The lowest BCUT2D eigenvalue weighted by atomic mass is 10.1. The van der Waals surface area contributed by atoms with Crippen molar-refractivity contribution in [1.29, 1.82) is 0 Å². The molecule has 1 aliphatic rings. The van der Waals surface area contributed by atoms with Gasteiger partial charge in [0.05, 0.1) is 12.3 Å². The van der Waals surface area contributed by atoms with Crippen molar-refractivity contribution in [2.24, 2.45) is 0 Å². The summed E-state index contributed by atoms with van der Waals surface area (Å²) in [5, 5.41) is 2.23. The van der Waals surface area contributed by atoms with Crippen LogP contribution in [0.15, 0.2) is 78.9 Å². The summed E-state index contributed by atoms with van der Waals surface area (Å²) in [6, 6.07) is 26.1. The van der Waals surface area contributed by atoms with Crippen LogP contribution in [0.25, 0.3) is 10.8 Å². The van der Waals surface area contributed by atoms with E-state index in [1.807, 2.05) is 78.9 Å². The average molecular weight is 305 g/mol. The molecule has 0 aliphatic carbocycles. The molecule has 0 spiro atoms. The number of hydrogen-bond donors (Lipinski definition) is 0. The molecule has 0 saturated carbocycles. The third-order valence-electron chi connectivity index (χ3n) is 3.70. The monoisotopic (exact) mass is 305 g/mol. The maximum Gasteiger partial charge on any atom is 0.414 e. The van der Waals surface area contributed by atoms with Gasteiger partial charge >= 0.3 is 6.09 Å². The fraction of sp³-hybridized carbons (Fsp3) is 0.150. The fourth-order valence-corrected chi connectivity index (χ4v) is 2.60. The molecule has 4 rings (SSSR count). The molecule has 3 aromatic rings. The van der Waals surface area contributed by atoms with Crippen molar-refractivity contribution in [3.8, 4) is 0 Å². The van der Waals surface area contributed by atoms with Gasteiger partial charge in [-0.25, -0.2) is 4.79 Å². The molecule has 0 aromatic heterocycles. The van der Waals surface area contributed by atoms with Crippen LogP contribution in [0.5, 0.6) is 0 Å². The van der Waals surface area contributed by atoms with Gasteiger partial charge in [-0.1, -0.05) is 72.8 Å². The lowest BCUT2D eigenvalue weighted by Gasteiger charge is -2.27. The second-order valence-corrected chi connectivity index (χ2v) is 5.27. The summed E-state index contributed by atoms with van der Waals surface area (Å²) in [4.78, 5) is 13.5. The van der Waals surface area contributed by atoms with Crippen molar-refractivity contribution in [2.75, 3.05) is 18.1 Å². The zero-order chi connectivity index (χ0) is 15.9. The molecule has 0 radical (unpaired) electrons. The fourth-order valence-electron chi connectivity index (χ4n) is 2.60. The number of cyclic esters (lactones) is 1. The van der Waals surface area contributed by atoms with Gasteiger partial charge in [0.1, 0.15) is 0 Å². The zero-order valence-electron chi connectivity index (χ0n) is 12.9. The van der Waals surface area contributed by atoms with Gasteiger partial charge in [-0.15, -0.1) is 0 Å². The molecule has 0 atom stereocenters. The Kier molecular flexibility index (Phi) is 4.89. The number of benzene rings is 3. The topological polar surface area (TPSA) is 29.5 Å². The highest BCUT2D eigenvalue weighted by Crippen LogP contribution is 2.28. The van der Waals surface area contributed by atoms with E-state index in [4.69, 9.17) is 4.74 Å². The van der Waals surface area contributed by atoms with E-state index in [0.717, 1.165) is 29.4 Å². The molecule has 1 amide bonds. The molecule has 1 aliphatic heterocycles. The van der Waals surface area contributed by atoms with Gasteiger partial charge in [0.2, 0.25) is 0 Å². The first kappa shape index (κ1) is 15.1. The predicted molar refractivity (Wildman–Crippen MR) is 93.7 cm³/mol. The quantitative estimate of drug-likeness (QED) is 0.641. The second kappa shape index (κ2) is 7.45. The molecule has 0 bridgehead atoms. The minimum atomic E-state index is -0.243. The lowest BCUT2D eigenvalue weighted by molar-refractivity contribution is 0.140. The van der Waals surface area contributed by atoms with Crippen molar-refractivity contribution in [3.63, 3.8) is 0 Å². The highest BCUT2D eigenvalue weighted by atomic mass is 16.6. The summed E-state index contributed by atoms with van der Waals surface area (Å²) in [7, 11) is 0. The van der Waals surface area contributed by atoms with Crippen molar-refractivity contribution in [2.45, 2.75) is 6.42 Å². The number of fused-ring (bicyclic) bond motifs is 1. The normalized spacial score (nSPS) is 13.9. The lowest BCUT2D eigenvalue weighted by Crippen LogP contribution is -2.37. The average Bonchev–Trinajstić information content (AvgIpc) is 2.64. The smallest absolute Gasteiger partial charge is 0.414 e. The molecule has 0 N–H and O–H groups in total. The standard InChI is InChI=1S/C14H13NO2.C6H6/c16-14-15(9-4-10-17-14)13-8-3-6-11-5-1-2-7-12(11)13;1-2-4-6-5-3-1/h1-3,5-8H,4,9-10H2;1-6H. The number of rotatable bonds is 1. The summed E-state index contributed by atoms with van der Waals surface area (Å²) in [5.41, 5.74) is 0.938. The summed E-state index contributed by atoms with van der Waals surface area (Å²) in [5.74, 6) is 0. The molecular weight excluding hydrogens is 286 g/mol. The van der Waals surface area contributed by atoms with Crippen LogP contribution in [-0.2, 0) is 4.74 Å². The highest BCUT2D eigenvalue weighted by Gasteiger charge is 2.22. The van der Waals surface area contributed by atoms with Gasteiger partial charge in [0, 0.05) is 11.9 Å². The Labute approximate surface area is 136 Å². The van der Waals surface area contributed by atoms with Crippen LogP contribution in [0.1, 0.15) is 6.42 Å². The van der Waals surface area contributed by atoms with Crippen LogP contribution in [0.2, 0.25) is 0 Å². The van der Waals surface area contributed by atoms with Crippen LogP contribution in [0.4, 0.5) is 10.5 Å². The number of carbonyl (C=O) groups is 1. The summed E-state index contributed by atoms with van der Waals surface area (Å²) >= 11 is 0. The maximum absolute atomic E-state index is 11.7. The van der Waals surface area contributed by atoms with E-state index in [-0.39, 0.29) is 6.09 Å². The van der Waals surface area contributed by atoms with Crippen LogP contribution in [0, 0.1) is 0 Å². The zero-order valence-corrected chi connectivity index (χ0v) is 12.9. The number of hydrogen-bond acceptors (Lipinski definition) is 2. The van der Waals surface area contributed by atoms with E-state index >= 15 is 0 Å². The molecular formula is C20H19NO2. The van der Waals surface area contributed by atoms with Crippen molar-refractivity contribution >= 4 is 22.6 Å². The van der Waals surface area contributed by atoms with Crippen molar-refractivity contribution < 1.29 is 9.53 Å². The number of carbonyl (C=O) groups excluding carboxylic acids is 1. The van der Waals surface area contributed by atoms with Crippen LogP contribution < -0.4 is 4.90 Å². The third-order valence-corrected chi connectivity index (χ3v) is 3.70. The first-order chi connectivity index (χ1) is 11.4. The van der Waals surface area contributed by atoms with Crippen LogP contribution in [0.3, 0.4) is 0 Å². The Morgan fingerprint density at radius 3 is 2.13 bits per heavy atom. The Hall–Kier alpha value is -2.81. The van der Waals surface area contributed by atoms with Crippen LogP contribution in [-0.4, -0.2) is 19.2 Å². The number of anilines is 1. The number of amides is 1. The van der Waals surface area contributed by atoms with Gasteiger partial charge in [0.15, 0.2) is 0 Å². The van der Waals surface area contributed by atoms with E-state index in [1.54, 1.807) is 4.90 Å². The van der Waals surface area contributed by atoms with Gasteiger partial charge in [-0.05, 0) is 17.9 Å². The van der Waals surface area contributed by atoms with Gasteiger partial charge in [-0.3, -0.25) is 4.90 Å². The summed E-state index contributed by atoms with van der Waals surface area (Å²) in [6.45, 7) is 1.26. The molecule has 1 heterocycles. The van der Waals surface area contributed by atoms with Crippen LogP contribution >= 0.6 is 0 Å². The third kappa shape index (κ3) is 3.69. The predicted octanol–water partition coefficient (Wildman–Crippen LogP) is 4.87. The molecule has 23 heavy (non-hydrogen) atoms. The van der Waals surface area contributed by atoms with E-state index in [0.29, 0.717) is 6.61 Å². The molecule has 0 unspecified atom stereocenters. The van der Waals surface area contributed by atoms with Gasteiger partial charge in [-0.2, -0.15) is 0 Å². The number of ether oxygens (including phenoxy) is 1.